The maximum atomic E-state index is 14.8. The molecule has 2 aromatic rings. The first-order chi connectivity index (χ1) is 45.1. The maximum absolute atomic E-state index is 14.8. The summed E-state index contributed by atoms with van der Waals surface area (Å²) in [4.78, 5) is 152. The van der Waals surface area contributed by atoms with E-state index in [9.17, 15) is 57.8 Å². The first kappa shape index (κ1) is 82.3. The molecule has 96 heavy (non-hydrogen) atoms. The highest BCUT2D eigenvalue weighted by atomic mass is 16.6. The van der Waals surface area contributed by atoms with Crippen LogP contribution in [0.25, 0.3) is 0 Å². The molecule has 1 heterocycles. The van der Waals surface area contributed by atoms with Gasteiger partial charge in [0, 0.05) is 52.6 Å². The fourth-order valence-electron chi connectivity index (χ4n) is 11.5. The Morgan fingerprint density at radius 1 is 0.688 bits per heavy atom. The minimum absolute atomic E-state index is 0.0178. The van der Waals surface area contributed by atoms with Crippen molar-refractivity contribution in [1.29, 1.82) is 0 Å². The number of nitrogens with two attached hydrogens (primary N) is 1. The Morgan fingerprint density at radius 3 is 1.84 bits per heavy atom. The third-order valence-corrected chi connectivity index (χ3v) is 17.2. The molecule has 0 unspecified atom stereocenters. The van der Waals surface area contributed by atoms with Gasteiger partial charge in [0.25, 0.3) is 0 Å². The summed E-state index contributed by atoms with van der Waals surface area (Å²) in [5.41, 5.74) is 6.39. The quantitative estimate of drug-likeness (QED) is 0.0430. The molecule has 2 aromatic carbocycles. The van der Waals surface area contributed by atoms with E-state index in [0.717, 1.165) is 4.90 Å². The smallest absolute Gasteiger partial charge is 0.410 e. The Labute approximate surface area is 566 Å². The van der Waals surface area contributed by atoms with Gasteiger partial charge < -0.3 is 82.7 Å². The summed E-state index contributed by atoms with van der Waals surface area (Å²) in [5.74, 6) is -6.92. The molecule has 0 aromatic heterocycles. The molecule has 0 bridgehead atoms. The molecule has 3 rings (SSSR count). The first-order valence-corrected chi connectivity index (χ1v) is 33.2. The summed E-state index contributed by atoms with van der Waals surface area (Å²) in [7, 11) is 6.06. The molecule has 28 heteroatoms. The fourth-order valence-corrected chi connectivity index (χ4v) is 11.5. The predicted octanol–water partition coefficient (Wildman–Crippen LogP) is 3.21. The van der Waals surface area contributed by atoms with E-state index in [1.54, 1.807) is 109 Å². The number of amides is 12. The van der Waals surface area contributed by atoms with Crippen molar-refractivity contribution in [2.75, 3.05) is 66.4 Å². The minimum Gasteiger partial charge on any atom is -0.445 e. The van der Waals surface area contributed by atoms with Crippen molar-refractivity contribution in [2.45, 2.75) is 201 Å². The number of urea groups is 1. The van der Waals surface area contributed by atoms with Crippen molar-refractivity contribution in [2.24, 2.45) is 35.3 Å². The summed E-state index contributed by atoms with van der Waals surface area (Å²) in [6.07, 6.45) is -1.20. The van der Waals surface area contributed by atoms with Gasteiger partial charge in [0.2, 0.25) is 53.2 Å². The lowest BCUT2D eigenvalue weighted by Crippen LogP contribution is -2.60. The van der Waals surface area contributed by atoms with E-state index in [0.29, 0.717) is 42.6 Å². The number of hydrogen-bond acceptors (Lipinski definition) is 16. The van der Waals surface area contributed by atoms with Gasteiger partial charge in [-0.1, -0.05) is 111 Å². The van der Waals surface area contributed by atoms with Crippen LogP contribution < -0.4 is 53.6 Å². The maximum Gasteiger partial charge on any atom is 0.410 e. The molecular weight excluding hydrogens is 1240 g/mol. The van der Waals surface area contributed by atoms with E-state index < -0.39 is 144 Å². The zero-order chi connectivity index (χ0) is 72.3. The summed E-state index contributed by atoms with van der Waals surface area (Å²) in [6, 6.07) is 8.39. The van der Waals surface area contributed by atoms with Gasteiger partial charge in [0.1, 0.15) is 30.8 Å². The van der Waals surface area contributed by atoms with E-state index >= 15 is 0 Å². The summed E-state index contributed by atoms with van der Waals surface area (Å²) >= 11 is 0. The zero-order valence-corrected chi connectivity index (χ0v) is 59.4. The number of nitrogens with one attached hydrogen (secondary N) is 9. The number of nitrogens with zero attached hydrogens (tertiary/aromatic N) is 3. The van der Waals surface area contributed by atoms with Gasteiger partial charge in [-0.25, -0.2) is 9.59 Å². The highest BCUT2D eigenvalue weighted by Gasteiger charge is 2.44. The second-order valence-corrected chi connectivity index (χ2v) is 27.0. The third kappa shape index (κ3) is 26.2. The van der Waals surface area contributed by atoms with Crippen LogP contribution in [0.3, 0.4) is 0 Å². The average Bonchev–Trinajstić information content (AvgIpc) is 1.53. The van der Waals surface area contributed by atoms with E-state index in [-0.39, 0.29) is 68.8 Å². The normalized spacial score (nSPS) is 16.6. The number of rotatable bonds is 38. The lowest BCUT2D eigenvalue weighted by molar-refractivity contribution is -0.148. The Morgan fingerprint density at radius 2 is 1.29 bits per heavy atom. The molecule has 28 nitrogen and oxygen atoms in total. The molecule has 0 spiro atoms. The van der Waals surface area contributed by atoms with Gasteiger partial charge >= 0.3 is 12.1 Å². The molecule has 0 aliphatic carbocycles. The lowest BCUT2D eigenvalue weighted by atomic mass is 9.89. The summed E-state index contributed by atoms with van der Waals surface area (Å²) in [5, 5.41) is 35.2. The molecule has 0 radical (unpaired) electrons. The van der Waals surface area contributed by atoms with Gasteiger partial charge in [0.05, 0.1) is 68.4 Å². The molecule has 12 atom stereocenters. The molecule has 12 amide bonds. The Bertz CT molecular complexity index is 2880. The fraction of sp³-hybridized carbons (Fsp3) is 0.662. The Kier molecular flexibility index (Phi) is 34.2. The van der Waals surface area contributed by atoms with Gasteiger partial charge in [-0.15, -0.1) is 0 Å². The largest absolute Gasteiger partial charge is 0.445 e. The van der Waals surface area contributed by atoms with Crippen molar-refractivity contribution >= 4 is 71.0 Å². The molecule has 1 saturated heterocycles. The predicted molar refractivity (Wildman–Crippen MR) is 363 cm³/mol. The minimum atomic E-state index is -1.17. The van der Waals surface area contributed by atoms with Crippen molar-refractivity contribution in [1.82, 2.24) is 57.2 Å². The van der Waals surface area contributed by atoms with Crippen LogP contribution >= 0.6 is 0 Å². The van der Waals surface area contributed by atoms with Crippen LogP contribution in [0.15, 0.2) is 54.6 Å². The number of aliphatic hydroxyl groups excluding tert-OH is 1. The molecule has 1 aliphatic rings. The number of benzene rings is 2. The number of likely N-dealkylation sites (tertiary alicyclic amines) is 1. The summed E-state index contributed by atoms with van der Waals surface area (Å²) in [6.45, 7) is 22.9. The highest BCUT2D eigenvalue weighted by Crippen LogP contribution is 2.30. The number of primary amides is 1. The highest BCUT2D eigenvalue weighted by molar-refractivity contribution is 5.99. The van der Waals surface area contributed by atoms with Gasteiger partial charge in [-0.2, -0.15) is 0 Å². The van der Waals surface area contributed by atoms with Gasteiger partial charge in [-0.3, -0.25) is 48.1 Å². The number of likely N-dealkylation sites (N-methyl/N-ethyl adjacent to an activating group) is 2. The topological polar surface area (TPSA) is 380 Å². The SMILES string of the molecule is CC[C@H](C)[C@@H]([C@@H](CC(=O)N1CCC[C@H]1[C@H](OC)[C@@H](C)C(=O)N[C@H](C)[C@@H](O)c1ccccc1)OC)N(C)C(=O)[C@@H](NC(=O)[C@H](C(C)C)N(C)C(=O)OCc1ccc(NC(=O)[C@H](CCCNC(N)=O)NC(=O)[C@@H](NC(=O)CNC(=O)CNC(=O)CNC(C)(C)C)C(C)C)cc1)C(C)C. The Balaban J connectivity index is 1.68. The van der Waals surface area contributed by atoms with Crippen LogP contribution in [0.2, 0.25) is 0 Å². The molecule has 12 N–H and O–H groups in total. The standard InChI is InChI=1S/C68H111N13O15/c1-18-42(8)58(50(94-16)34-54(85)81-33-23-27-49(81)60(95-17)43(9)61(87)74-44(10)59(86)46-24-20-19-21-25-46)79(14)65(91)56(40(4)5)78-64(90)57(41(6)7)80(15)67(93)96-38-45-28-30-47(31-29-45)75-62(88)48(26-22-32-70-66(69)92)76-63(89)55(39(2)3)77-53(84)36-72-51(82)35-71-52(83)37-73-68(11,12)13/h19-21,24-25,28-31,39-44,48-50,55-60,73,86H,18,22-23,26-27,32-38H2,1-17H3,(H,71,83)(H,72,82)(H,74,87)(H,75,88)(H,76,89)(H,77,84)(H,78,90)(H3,69,70,92)/t42-,43+,44+,48-,49-,50+,55-,56-,57-,58-,59+,60+/m0/s1. The first-order valence-electron chi connectivity index (χ1n) is 33.2. The molecule has 0 saturated carbocycles. The summed E-state index contributed by atoms with van der Waals surface area (Å²) < 4.78 is 17.7. The number of ether oxygens (including phenoxy) is 3. The third-order valence-electron chi connectivity index (χ3n) is 17.2. The van der Waals surface area contributed by atoms with Gasteiger partial charge in [0.15, 0.2) is 0 Å². The second-order valence-electron chi connectivity index (χ2n) is 27.0. The van der Waals surface area contributed by atoms with Crippen LogP contribution in [0.4, 0.5) is 15.3 Å². The number of aliphatic hydroxyl groups is 1. The van der Waals surface area contributed by atoms with E-state index in [2.05, 4.69) is 47.9 Å². The van der Waals surface area contributed by atoms with E-state index in [1.807, 2.05) is 52.8 Å². The van der Waals surface area contributed by atoms with Gasteiger partial charge in [-0.05, 0) is 100 Å². The van der Waals surface area contributed by atoms with Crippen LogP contribution in [0.5, 0.6) is 0 Å². The number of carbonyl (C=O) groups excluding carboxylic acids is 11. The number of methoxy groups -OCH3 is 2. The number of carbonyl (C=O) groups is 11. The second kappa shape index (κ2) is 39.9. The average molecular weight is 1350 g/mol. The molecule has 538 valence electrons. The zero-order valence-electron chi connectivity index (χ0n) is 59.4. The van der Waals surface area contributed by atoms with Crippen LogP contribution in [0.1, 0.15) is 146 Å². The molecule has 1 aliphatic heterocycles. The van der Waals surface area contributed by atoms with Crippen molar-refractivity contribution in [3.8, 4) is 0 Å². The van der Waals surface area contributed by atoms with Crippen LogP contribution in [0, 0.1) is 29.6 Å². The molecule has 1 fully saturated rings. The van der Waals surface area contributed by atoms with E-state index in [4.69, 9.17) is 19.9 Å². The number of anilines is 1. The van der Waals surface area contributed by atoms with Crippen LogP contribution in [-0.2, 0) is 64.0 Å². The lowest BCUT2D eigenvalue weighted by Gasteiger charge is -2.41. The Hall–Kier alpha value is -7.95. The van der Waals surface area contributed by atoms with Crippen LogP contribution in [-0.4, -0.2) is 206 Å². The monoisotopic (exact) mass is 1350 g/mol. The number of hydrogen-bond donors (Lipinski definition) is 11. The van der Waals surface area contributed by atoms with Crippen molar-refractivity contribution < 1.29 is 72.1 Å². The van der Waals surface area contributed by atoms with E-state index in [1.165, 1.54) is 21.3 Å². The van der Waals surface area contributed by atoms with Crippen molar-refractivity contribution in [3.05, 3.63) is 65.7 Å². The van der Waals surface area contributed by atoms with Crippen molar-refractivity contribution in [3.63, 3.8) is 0 Å². The molecular formula is C68H111N13O15.